The Balaban J connectivity index is 1.93. The SMILES string of the molecule is CC(C)c1ccccc1OCC(=O)N[C@@H](C)c1ccc(C(C)(C)C)cc1. The highest BCUT2D eigenvalue weighted by molar-refractivity contribution is 5.78. The fourth-order valence-electron chi connectivity index (χ4n) is 2.87. The van der Waals surface area contributed by atoms with Gasteiger partial charge in [-0.05, 0) is 41.0 Å². The smallest absolute Gasteiger partial charge is 0.258 e. The summed E-state index contributed by atoms with van der Waals surface area (Å²) in [5.74, 6) is 1.02. The quantitative estimate of drug-likeness (QED) is 0.759. The van der Waals surface area contributed by atoms with Crippen LogP contribution in [0.25, 0.3) is 0 Å². The van der Waals surface area contributed by atoms with Crippen LogP contribution in [0.15, 0.2) is 48.5 Å². The number of para-hydroxylation sites is 1. The van der Waals surface area contributed by atoms with E-state index < -0.39 is 0 Å². The Kier molecular flexibility index (Phi) is 6.47. The largest absolute Gasteiger partial charge is 0.483 e. The lowest BCUT2D eigenvalue weighted by Crippen LogP contribution is -2.31. The zero-order chi connectivity index (χ0) is 19.3. The maximum Gasteiger partial charge on any atom is 0.258 e. The Hall–Kier alpha value is -2.29. The second kappa shape index (κ2) is 8.39. The van der Waals surface area contributed by atoms with Gasteiger partial charge in [-0.25, -0.2) is 0 Å². The molecular formula is C23H31NO2. The maximum atomic E-state index is 12.3. The van der Waals surface area contributed by atoms with Gasteiger partial charge < -0.3 is 10.1 Å². The van der Waals surface area contributed by atoms with E-state index in [0.717, 1.165) is 16.9 Å². The first-order valence-electron chi connectivity index (χ1n) is 9.30. The number of carbonyl (C=O) groups excluding carboxylic acids is 1. The first-order valence-corrected chi connectivity index (χ1v) is 9.30. The van der Waals surface area contributed by atoms with Gasteiger partial charge in [-0.1, -0.05) is 77.1 Å². The zero-order valence-electron chi connectivity index (χ0n) is 16.8. The van der Waals surface area contributed by atoms with Crippen molar-refractivity contribution in [1.29, 1.82) is 0 Å². The lowest BCUT2D eigenvalue weighted by molar-refractivity contribution is -0.123. The van der Waals surface area contributed by atoms with E-state index in [0.29, 0.717) is 5.92 Å². The summed E-state index contributed by atoms with van der Waals surface area (Å²) in [6, 6.07) is 16.3. The molecule has 0 saturated heterocycles. The number of hydrogen-bond donors (Lipinski definition) is 1. The second-order valence-corrected chi connectivity index (χ2v) is 8.14. The molecule has 0 heterocycles. The van der Waals surface area contributed by atoms with Crippen molar-refractivity contribution in [2.45, 2.75) is 58.9 Å². The molecule has 0 bridgehead atoms. The minimum atomic E-state index is -0.115. The molecule has 0 saturated carbocycles. The highest BCUT2D eigenvalue weighted by Crippen LogP contribution is 2.26. The summed E-state index contributed by atoms with van der Waals surface area (Å²) in [7, 11) is 0. The van der Waals surface area contributed by atoms with E-state index in [1.807, 2.05) is 31.2 Å². The molecule has 2 rings (SSSR count). The van der Waals surface area contributed by atoms with Gasteiger partial charge in [0.1, 0.15) is 5.75 Å². The van der Waals surface area contributed by atoms with Crippen LogP contribution >= 0.6 is 0 Å². The number of amides is 1. The van der Waals surface area contributed by atoms with Crippen LogP contribution in [0.3, 0.4) is 0 Å². The van der Waals surface area contributed by atoms with Crippen molar-refractivity contribution in [3.63, 3.8) is 0 Å². The summed E-state index contributed by atoms with van der Waals surface area (Å²) in [4.78, 5) is 12.3. The van der Waals surface area contributed by atoms with E-state index in [4.69, 9.17) is 4.74 Å². The average molecular weight is 354 g/mol. The Morgan fingerprint density at radius 2 is 1.62 bits per heavy atom. The molecule has 3 nitrogen and oxygen atoms in total. The van der Waals surface area contributed by atoms with Crippen molar-refractivity contribution in [1.82, 2.24) is 5.32 Å². The number of ether oxygens (including phenoxy) is 1. The topological polar surface area (TPSA) is 38.3 Å². The van der Waals surface area contributed by atoms with Gasteiger partial charge in [0.25, 0.3) is 5.91 Å². The van der Waals surface area contributed by atoms with Crippen molar-refractivity contribution >= 4 is 5.91 Å². The minimum absolute atomic E-state index is 0.0220. The third-order valence-corrected chi connectivity index (χ3v) is 4.55. The Morgan fingerprint density at radius 1 is 1.00 bits per heavy atom. The molecule has 0 aliphatic carbocycles. The Labute approximate surface area is 157 Å². The molecule has 1 amide bonds. The van der Waals surface area contributed by atoms with Gasteiger partial charge in [0.2, 0.25) is 0 Å². The summed E-state index contributed by atoms with van der Waals surface area (Å²) in [5.41, 5.74) is 3.62. The van der Waals surface area contributed by atoms with Gasteiger partial charge in [-0.3, -0.25) is 4.79 Å². The number of nitrogens with one attached hydrogen (secondary N) is 1. The van der Waals surface area contributed by atoms with Crippen LogP contribution in [0.1, 0.15) is 70.2 Å². The molecule has 1 N–H and O–H groups in total. The van der Waals surface area contributed by atoms with E-state index in [2.05, 4.69) is 64.2 Å². The van der Waals surface area contributed by atoms with Crippen molar-refractivity contribution in [3.8, 4) is 5.75 Å². The van der Waals surface area contributed by atoms with Crippen LogP contribution in [-0.2, 0) is 10.2 Å². The molecule has 0 unspecified atom stereocenters. The van der Waals surface area contributed by atoms with Gasteiger partial charge in [0, 0.05) is 0 Å². The second-order valence-electron chi connectivity index (χ2n) is 8.14. The van der Waals surface area contributed by atoms with Gasteiger partial charge >= 0.3 is 0 Å². The zero-order valence-corrected chi connectivity index (χ0v) is 16.8. The highest BCUT2D eigenvalue weighted by Gasteiger charge is 2.15. The molecule has 0 radical (unpaired) electrons. The molecule has 140 valence electrons. The summed E-state index contributed by atoms with van der Waals surface area (Å²) in [6.45, 7) is 12.8. The first-order chi connectivity index (χ1) is 12.2. The lowest BCUT2D eigenvalue weighted by Gasteiger charge is -2.21. The maximum absolute atomic E-state index is 12.3. The van der Waals surface area contributed by atoms with Crippen molar-refractivity contribution in [2.75, 3.05) is 6.61 Å². The van der Waals surface area contributed by atoms with Crippen LogP contribution in [-0.4, -0.2) is 12.5 Å². The van der Waals surface area contributed by atoms with E-state index in [1.165, 1.54) is 5.56 Å². The highest BCUT2D eigenvalue weighted by atomic mass is 16.5. The van der Waals surface area contributed by atoms with Crippen LogP contribution in [0.4, 0.5) is 0 Å². The number of benzene rings is 2. The molecular weight excluding hydrogens is 322 g/mol. The third-order valence-electron chi connectivity index (χ3n) is 4.55. The molecule has 1 atom stereocenters. The number of carbonyl (C=O) groups is 1. The molecule has 0 fully saturated rings. The summed E-state index contributed by atoms with van der Waals surface area (Å²) in [6.07, 6.45) is 0. The average Bonchev–Trinajstić information content (AvgIpc) is 2.59. The normalized spacial score (nSPS) is 12.7. The van der Waals surface area contributed by atoms with Crippen molar-refractivity contribution < 1.29 is 9.53 Å². The molecule has 0 aromatic heterocycles. The van der Waals surface area contributed by atoms with E-state index >= 15 is 0 Å². The molecule has 2 aromatic carbocycles. The van der Waals surface area contributed by atoms with Crippen LogP contribution < -0.4 is 10.1 Å². The number of rotatable bonds is 6. The van der Waals surface area contributed by atoms with Crippen molar-refractivity contribution in [2.24, 2.45) is 0 Å². The van der Waals surface area contributed by atoms with Gasteiger partial charge in [0.05, 0.1) is 6.04 Å². The van der Waals surface area contributed by atoms with Gasteiger partial charge in [-0.15, -0.1) is 0 Å². The van der Waals surface area contributed by atoms with Crippen LogP contribution in [0, 0.1) is 0 Å². The Morgan fingerprint density at radius 3 is 2.19 bits per heavy atom. The first kappa shape index (κ1) is 20.0. The molecule has 0 aliphatic heterocycles. The molecule has 2 aromatic rings. The minimum Gasteiger partial charge on any atom is -0.483 e. The fraction of sp³-hybridized carbons (Fsp3) is 0.435. The molecule has 0 aliphatic rings. The lowest BCUT2D eigenvalue weighted by atomic mass is 9.86. The number of hydrogen-bond acceptors (Lipinski definition) is 2. The standard InChI is InChI=1S/C23H31NO2/c1-16(2)20-9-7-8-10-21(20)26-15-22(25)24-17(3)18-11-13-19(14-12-18)23(4,5)6/h7-14,16-17H,15H2,1-6H3,(H,24,25)/t17-/m0/s1. The molecule has 3 heteroatoms. The molecule has 26 heavy (non-hydrogen) atoms. The predicted octanol–water partition coefficient (Wildman–Crippen LogP) is 5.36. The predicted molar refractivity (Wildman–Crippen MR) is 108 cm³/mol. The van der Waals surface area contributed by atoms with Gasteiger partial charge in [0.15, 0.2) is 6.61 Å². The van der Waals surface area contributed by atoms with E-state index in [9.17, 15) is 4.79 Å². The van der Waals surface area contributed by atoms with Crippen molar-refractivity contribution in [3.05, 3.63) is 65.2 Å². The van der Waals surface area contributed by atoms with E-state index in [-0.39, 0.29) is 24.0 Å². The summed E-state index contributed by atoms with van der Waals surface area (Å²) in [5, 5.41) is 3.01. The summed E-state index contributed by atoms with van der Waals surface area (Å²) < 4.78 is 5.75. The van der Waals surface area contributed by atoms with Gasteiger partial charge in [-0.2, -0.15) is 0 Å². The van der Waals surface area contributed by atoms with E-state index in [1.54, 1.807) is 0 Å². The fourth-order valence-corrected chi connectivity index (χ4v) is 2.87. The monoisotopic (exact) mass is 353 g/mol. The molecule has 0 spiro atoms. The van der Waals surface area contributed by atoms with Crippen LogP contribution in [0.2, 0.25) is 0 Å². The summed E-state index contributed by atoms with van der Waals surface area (Å²) >= 11 is 0. The Bertz CT molecular complexity index is 727. The van der Waals surface area contributed by atoms with Crippen LogP contribution in [0.5, 0.6) is 5.75 Å². The third kappa shape index (κ3) is 5.35.